The molecule has 0 atom stereocenters. The van der Waals surface area contributed by atoms with Crippen molar-refractivity contribution in [2.75, 3.05) is 7.11 Å². The molecule has 0 N–H and O–H groups in total. The minimum Gasteiger partial charge on any atom is -0.268 e. The minimum absolute atomic E-state index is 0.408. The Bertz CT molecular complexity index is 557. The molecular formula is C13H12NO2+. The first-order valence-corrected chi connectivity index (χ1v) is 5.00. The lowest BCUT2D eigenvalue weighted by Crippen LogP contribution is -2.08. The van der Waals surface area contributed by atoms with Crippen LogP contribution >= 0.6 is 0 Å². The van der Waals surface area contributed by atoms with Crippen LogP contribution in [-0.4, -0.2) is 17.9 Å². The fourth-order valence-electron chi connectivity index (χ4n) is 1.64. The first-order chi connectivity index (χ1) is 7.83. The van der Waals surface area contributed by atoms with Crippen LogP contribution < -0.4 is 0 Å². The Balaban J connectivity index is 2.36. The fraction of sp³-hybridized carbons (Fsp3) is 0.154. The van der Waals surface area contributed by atoms with Gasteiger partial charge in [0.25, 0.3) is 0 Å². The van der Waals surface area contributed by atoms with Gasteiger partial charge in [-0.15, -0.1) is 0 Å². The number of fused-ring (bicyclic) bond motifs is 1. The van der Waals surface area contributed by atoms with Gasteiger partial charge in [0.1, 0.15) is 0 Å². The molecule has 80 valence electrons. The first-order valence-electron chi connectivity index (χ1n) is 5.00. The highest BCUT2D eigenvalue weighted by atomic mass is 16.7. The van der Waals surface area contributed by atoms with Gasteiger partial charge in [-0.3, -0.25) is 4.84 Å². The van der Waals surface area contributed by atoms with E-state index in [-0.39, 0.29) is 0 Å². The maximum Gasteiger partial charge on any atom is 0.477 e. The van der Waals surface area contributed by atoms with Gasteiger partial charge in [0.15, 0.2) is 7.11 Å². The van der Waals surface area contributed by atoms with Crippen LogP contribution in [0.25, 0.3) is 10.8 Å². The summed E-state index contributed by atoms with van der Waals surface area (Å²) in [5.41, 5.74) is 1.02. The molecule has 0 saturated carbocycles. The number of nitrogens with zero attached hydrogens (tertiary/aromatic N) is 1. The van der Waals surface area contributed by atoms with Crippen molar-refractivity contribution in [3.05, 3.63) is 48.0 Å². The molecule has 0 aromatic heterocycles. The Morgan fingerprint density at radius 1 is 1.19 bits per heavy atom. The Morgan fingerprint density at radius 2 is 1.94 bits per heavy atom. The van der Waals surface area contributed by atoms with Gasteiger partial charge in [-0.1, -0.05) is 36.4 Å². The van der Waals surface area contributed by atoms with Crippen molar-refractivity contribution in [2.45, 2.75) is 6.54 Å². The van der Waals surface area contributed by atoms with E-state index < -0.39 is 0 Å². The summed E-state index contributed by atoms with van der Waals surface area (Å²) in [7, 11) is 1.45. The summed E-state index contributed by atoms with van der Waals surface area (Å²) in [6.07, 6.45) is 1.71. The van der Waals surface area contributed by atoms with E-state index in [4.69, 9.17) is 4.84 Å². The SMILES string of the molecule is CO[N+](=C=O)Cc1ccc2ccccc2c1. The molecule has 0 aliphatic heterocycles. The number of rotatable bonds is 3. The lowest BCUT2D eigenvalue weighted by molar-refractivity contribution is -0.789. The lowest BCUT2D eigenvalue weighted by atomic mass is 10.1. The molecule has 0 aliphatic carbocycles. The van der Waals surface area contributed by atoms with Gasteiger partial charge < -0.3 is 0 Å². The summed E-state index contributed by atoms with van der Waals surface area (Å²) < 4.78 is 1.13. The molecule has 0 bridgehead atoms. The standard InChI is InChI=1S/C13H12NO2/c1-16-14(10-15)9-11-6-7-12-4-2-3-5-13(12)8-11/h2-8H,9H2,1H3/q+1. The Hall–Kier alpha value is -2.12. The van der Waals surface area contributed by atoms with Crippen molar-refractivity contribution in [3.8, 4) is 0 Å². The number of isocyanates is 1. The normalized spacial score (nSPS) is 9.81. The van der Waals surface area contributed by atoms with Crippen molar-refractivity contribution in [1.82, 2.24) is 0 Å². The molecule has 16 heavy (non-hydrogen) atoms. The monoisotopic (exact) mass is 214 g/mol. The summed E-state index contributed by atoms with van der Waals surface area (Å²) >= 11 is 0. The number of carbonyl (C=O) groups excluding carboxylic acids is 1. The molecule has 2 aromatic carbocycles. The second kappa shape index (κ2) is 4.60. The molecule has 0 fully saturated rings. The molecule has 0 amide bonds. The largest absolute Gasteiger partial charge is 0.477 e. The average molecular weight is 214 g/mol. The molecule has 0 radical (unpaired) electrons. The molecule has 2 rings (SSSR count). The van der Waals surface area contributed by atoms with Crippen LogP contribution in [0, 0.1) is 0 Å². The van der Waals surface area contributed by atoms with E-state index in [1.54, 1.807) is 6.08 Å². The van der Waals surface area contributed by atoms with Gasteiger partial charge in [0.2, 0.25) is 6.54 Å². The zero-order valence-corrected chi connectivity index (χ0v) is 9.01. The van der Waals surface area contributed by atoms with Crippen molar-refractivity contribution in [3.63, 3.8) is 0 Å². The number of hydrogen-bond donors (Lipinski definition) is 0. The highest BCUT2D eigenvalue weighted by Gasteiger charge is 2.07. The summed E-state index contributed by atoms with van der Waals surface area (Å²) in [5.74, 6) is 0. The number of hydrogen-bond acceptors (Lipinski definition) is 2. The van der Waals surface area contributed by atoms with E-state index in [2.05, 4.69) is 6.07 Å². The van der Waals surface area contributed by atoms with Crippen LogP contribution in [0.5, 0.6) is 0 Å². The second-order valence-electron chi connectivity index (χ2n) is 3.49. The van der Waals surface area contributed by atoms with Crippen LogP contribution in [-0.2, 0) is 16.2 Å². The third kappa shape index (κ3) is 2.10. The van der Waals surface area contributed by atoms with Crippen LogP contribution in [0.4, 0.5) is 0 Å². The molecule has 0 aliphatic rings. The van der Waals surface area contributed by atoms with Gasteiger partial charge in [-0.2, -0.15) is 4.79 Å². The molecule has 0 unspecified atom stereocenters. The number of hydroxylamine groups is 1. The summed E-state index contributed by atoms with van der Waals surface area (Å²) in [5, 5.41) is 2.34. The summed E-state index contributed by atoms with van der Waals surface area (Å²) in [6, 6.07) is 14.1. The summed E-state index contributed by atoms with van der Waals surface area (Å²) in [4.78, 5) is 15.3. The van der Waals surface area contributed by atoms with Crippen LogP contribution in [0.3, 0.4) is 0 Å². The molecule has 0 spiro atoms. The van der Waals surface area contributed by atoms with E-state index in [1.807, 2.05) is 36.4 Å². The fourth-order valence-corrected chi connectivity index (χ4v) is 1.64. The molecule has 3 heteroatoms. The third-order valence-corrected chi connectivity index (χ3v) is 2.46. The quantitative estimate of drug-likeness (QED) is 0.339. The molecule has 3 nitrogen and oxygen atoms in total. The maximum absolute atomic E-state index is 10.5. The smallest absolute Gasteiger partial charge is 0.268 e. The van der Waals surface area contributed by atoms with Gasteiger partial charge in [-0.05, 0) is 16.8 Å². The highest BCUT2D eigenvalue weighted by Crippen LogP contribution is 2.15. The van der Waals surface area contributed by atoms with E-state index in [9.17, 15) is 4.79 Å². The Morgan fingerprint density at radius 3 is 2.62 bits per heavy atom. The van der Waals surface area contributed by atoms with Crippen LogP contribution in [0.2, 0.25) is 0 Å². The third-order valence-electron chi connectivity index (χ3n) is 2.46. The average Bonchev–Trinajstić information content (AvgIpc) is 2.35. The summed E-state index contributed by atoms with van der Waals surface area (Å²) in [6.45, 7) is 0.408. The Kier molecular flexibility index (Phi) is 2.99. The topological polar surface area (TPSA) is 29.3 Å². The number of benzene rings is 2. The van der Waals surface area contributed by atoms with Crippen molar-refractivity contribution < 1.29 is 14.4 Å². The van der Waals surface area contributed by atoms with Gasteiger partial charge in [-0.25, -0.2) is 0 Å². The first kappa shape index (κ1) is 10.4. The lowest BCUT2D eigenvalue weighted by Gasteiger charge is -1.99. The second-order valence-corrected chi connectivity index (χ2v) is 3.49. The zero-order chi connectivity index (χ0) is 11.4. The Labute approximate surface area is 93.5 Å². The van der Waals surface area contributed by atoms with Crippen molar-refractivity contribution >= 4 is 16.9 Å². The molecule has 2 aromatic rings. The van der Waals surface area contributed by atoms with Gasteiger partial charge >= 0.3 is 6.08 Å². The molecular weight excluding hydrogens is 202 g/mol. The van der Waals surface area contributed by atoms with E-state index in [1.165, 1.54) is 12.5 Å². The van der Waals surface area contributed by atoms with Crippen molar-refractivity contribution in [1.29, 1.82) is 0 Å². The van der Waals surface area contributed by atoms with Crippen LogP contribution in [0.15, 0.2) is 42.5 Å². The molecule has 0 heterocycles. The maximum atomic E-state index is 10.5. The molecule has 0 saturated heterocycles. The van der Waals surface area contributed by atoms with Crippen molar-refractivity contribution in [2.24, 2.45) is 0 Å². The zero-order valence-electron chi connectivity index (χ0n) is 9.01. The van der Waals surface area contributed by atoms with E-state index in [0.717, 1.165) is 15.7 Å². The highest BCUT2D eigenvalue weighted by molar-refractivity contribution is 5.82. The van der Waals surface area contributed by atoms with E-state index >= 15 is 0 Å². The predicted octanol–water partition coefficient (Wildman–Crippen LogP) is 2.25. The van der Waals surface area contributed by atoms with Gasteiger partial charge in [0, 0.05) is 5.56 Å². The predicted molar refractivity (Wildman–Crippen MR) is 60.6 cm³/mol. The van der Waals surface area contributed by atoms with Gasteiger partial charge in [0.05, 0.1) is 4.74 Å². The van der Waals surface area contributed by atoms with Crippen LogP contribution in [0.1, 0.15) is 5.56 Å². The minimum atomic E-state index is 0.408. The van der Waals surface area contributed by atoms with E-state index in [0.29, 0.717) is 6.54 Å².